The average molecular weight is 506 g/mol. The van der Waals surface area contributed by atoms with E-state index in [-0.39, 0.29) is 30.4 Å². The molecule has 2 heterocycles. The van der Waals surface area contributed by atoms with Crippen LogP contribution in [0.25, 0.3) is 0 Å². The molecule has 190 valence electrons. The van der Waals surface area contributed by atoms with Gasteiger partial charge in [0.15, 0.2) is 0 Å². The summed E-state index contributed by atoms with van der Waals surface area (Å²) in [6.45, 7) is 5.39. The Morgan fingerprint density at radius 3 is 2.11 bits per heavy atom. The third-order valence-electron chi connectivity index (χ3n) is 6.64. The second kappa shape index (κ2) is 10.4. The van der Waals surface area contributed by atoms with Gasteiger partial charge in [0.2, 0.25) is 15.9 Å². The highest BCUT2D eigenvalue weighted by Gasteiger charge is 2.44. The molecule has 2 aliphatic rings. The lowest BCUT2D eigenvalue weighted by Crippen LogP contribution is -2.54. The molecule has 0 radical (unpaired) electrons. The van der Waals surface area contributed by atoms with Crippen LogP contribution in [-0.2, 0) is 14.8 Å². The Morgan fingerprint density at radius 1 is 1.00 bits per heavy atom. The Bertz CT molecular complexity index is 1110. The molecule has 2 unspecified atom stereocenters. The molecule has 2 N–H and O–H groups in total. The Labute approximate surface area is 205 Å². The maximum absolute atomic E-state index is 13.8. The number of sulfonamides is 1. The highest BCUT2D eigenvalue weighted by molar-refractivity contribution is 7.93. The van der Waals surface area contributed by atoms with Crippen molar-refractivity contribution in [3.63, 3.8) is 0 Å². The first-order valence-electron chi connectivity index (χ1n) is 11.7. The quantitative estimate of drug-likeness (QED) is 0.590. The van der Waals surface area contributed by atoms with Gasteiger partial charge in [0.05, 0.1) is 12.8 Å². The Hall–Kier alpha value is -2.89. The van der Waals surface area contributed by atoms with E-state index in [9.17, 15) is 17.6 Å². The first-order chi connectivity index (χ1) is 16.7. The summed E-state index contributed by atoms with van der Waals surface area (Å²) in [5.41, 5.74) is 7.29. The molecule has 2 aliphatic heterocycles. The third kappa shape index (κ3) is 5.36. The zero-order chi connectivity index (χ0) is 25.2. The van der Waals surface area contributed by atoms with Gasteiger partial charge in [0.25, 0.3) is 0 Å². The fourth-order valence-electron chi connectivity index (χ4n) is 4.69. The van der Waals surface area contributed by atoms with E-state index in [2.05, 4.69) is 15.8 Å². The number of hydrogen-bond donors (Lipinski definition) is 2. The Balaban J connectivity index is 1.52. The van der Waals surface area contributed by atoms with Gasteiger partial charge in [0.1, 0.15) is 23.4 Å². The molecule has 2 atom stereocenters. The summed E-state index contributed by atoms with van der Waals surface area (Å²) in [6.07, 6.45) is 0. The number of benzene rings is 2. The molecule has 2 aromatic carbocycles. The van der Waals surface area contributed by atoms with Crippen LogP contribution in [0.15, 0.2) is 48.5 Å². The van der Waals surface area contributed by atoms with Crippen LogP contribution in [0.4, 0.5) is 15.8 Å². The van der Waals surface area contributed by atoms with Gasteiger partial charge in [-0.05, 0) is 62.4 Å². The minimum absolute atomic E-state index is 0.262. The molecule has 2 aromatic rings. The largest absolute Gasteiger partial charge is 0.497 e. The zero-order valence-corrected chi connectivity index (χ0v) is 21.0. The van der Waals surface area contributed by atoms with Crippen molar-refractivity contribution in [2.24, 2.45) is 0 Å². The second-order valence-corrected chi connectivity index (χ2v) is 10.9. The van der Waals surface area contributed by atoms with E-state index in [4.69, 9.17) is 4.74 Å². The van der Waals surface area contributed by atoms with Crippen molar-refractivity contribution >= 4 is 27.3 Å². The minimum Gasteiger partial charge on any atom is -0.497 e. The van der Waals surface area contributed by atoms with Crippen LogP contribution in [0.3, 0.4) is 0 Å². The molecule has 2 fully saturated rings. The summed E-state index contributed by atoms with van der Waals surface area (Å²) in [4.78, 5) is 17.1. The normalized spacial score (nSPS) is 22.8. The molecule has 9 nitrogen and oxygen atoms in total. The average Bonchev–Trinajstić information content (AvgIpc) is 3.21. The molecule has 2 saturated heterocycles. The van der Waals surface area contributed by atoms with Crippen LogP contribution >= 0.6 is 0 Å². The molecule has 11 heteroatoms. The lowest BCUT2D eigenvalue weighted by atomic mass is 10.2. The van der Waals surface area contributed by atoms with Crippen molar-refractivity contribution in [3.05, 3.63) is 54.3 Å². The number of hydrogen-bond acceptors (Lipinski definition) is 7. The van der Waals surface area contributed by atoms with Gasteiger partial charge >= 0.3 is 0 Å². The molecular formula is C24H32FN5O4S. The highest BCUT2D eigenvalue weighted by Crippen LogP contribution is 2.28. The molecule has 35 heavy (non-hydrogen) atoms. The van der Waals surface area contributed by atoms with Gasteiger partial charge in [-0.25, -0.2) is 12.8 Å². The highest BCUT2D eigenvalue weighted by atomic mass is 32.2. The molecule has 0 bridgehead atoms. The number of halogens is 1. The number of amides is 1. The van der Waals surface area contributed by atoms with Gasteiger partial charge in [0, 0.05) is 44.0 Å². The molecular weight excluding hydrogens is 473 g/mol. The Kier molecular flexibility index (Phi) is 7.48. The number of nitrogens with one attached hydrogen (secondary N) is 2. The van der Waals surface area contributed by atoms with Crippen LogP contribution < -0.4 is 24.8 Å². The van der Waals surface area contributed by atoms with Crippen molar-refractivity contribution in [1.82, 2.24) is 15.8 Å². The summed E-state index contributed by atoms with van der Waals surface area (Å²) in [7, 11) is -2.35. The van der Waals surface area contributed by atoms with E-state index < -0.39 is 15.3 Å². The number of ether oxygens (including phenoxy) is 1. The van der Waals surface area contributed by atoms with Crippen molar-refractivity contribution in [3.8, 4) is 5.75 Å². The van der Waals surface area contributed by atoms with Gasteiger partial charge in [-0.15, -0.1) is 0 Å². The van der Waals surface area contributed by atoms with E-state index in [1.165, 1.54) is 23.5 Å². The lowest BCUT2D eigenvalue weighted by Gasteiger charge is -2.37. The lowest BCUT2D eigenvalue weighted by molar-refractivity contribution is -0.129. The zero-order valence-electron chi connectivity index (χ0n) is 20.1. The van der Waals surface area contributed by atoms with Crippen LogP contribution in [-0.4, -0.2) is 76.4 Å². The van der Waals surface area contributed by atoms with Crippen molar-refractivity contribution in [2.45, 2.75) is 31.2 Å². The van der Waals surface area contributed by atoms with Crippen molar-refractivity contribution in [1.29, 1.82) is 0 Å². The van der Waals surface area contributed by atoms with Gasteiger partial charge in [-0.2, -0.15) is 0 Å². The topological polar surface area (TPSA) is 94.2 Å². The number of piperazine rings is 1. The van der Waals surface area contributed by atoms with Crippen molar-refractivity contribution < 1.29 is 22.3 Å². The summed E-state index contributed by atoms with van der Waals surface area (Å²) in [5, 5.41) is -0.743. The fourth-order valence-corrected chi connectivity index (χ4v) is 6.86. The molecule has 4 rings (SSSR count). The number of rotatable bonds is 7. The smallest absolute Gasteiger partial charge is 0.243 e. The van der Waals surface area contributed by atoms with Gasteiger partial charge in [-0.3, -0.25) is 20.0 Å². The van der Waals surface area contributed by atoms with Gasteiger partial charge < -0.3 is 14.5 Å². The van der Waals surface area contributed by atoms with E-state index in [0.29, 0.717) is 37.6 Å². The maximum Gasteiger partial charge on any atom is 0.243 e. The van der Waals surface area contributed by atoms with Crippen LogP contribution in [0.1, 0.15) is 13.8 Å². The first kappa shape index (κ1) is 25.2. The van der Waals surface area contributed by atoms with E-state index >= 15 is 0 Å². The standard InChI is InChI=1S/C24H32FN5O4S/c1-17-24(18(2)27-26-17)35(32,33)30(21-8-10-22(34-3)11-9-21)16-23(31)29-14-12-28(13-15-29)20-6-4-19(25)5-7-20/h4-11,17-18,24,26-27H,12-16H2,1-3H3. The predicted molar refractivity (Wildman–Crippen MR) is 133 cm³/mol. The molecule has 0 spiro atoms. The van der Waals surface area contributed by atoms with E-state index in [1.54, 1.807) is 55.1 Å². The first-order valence-corrected chi connectivity index (χ1v) is 13.2. The van der Waals surface area contributed by atoms with Gasteiger partial charge in [-0.1, -0.05) is 0 Å². The predicted octanol–water partition coefficient (Wildman–Crippen LogP) is 1.57. The summed E-state index contributed by atoms with van der Waals surface area (Å²) in [5.74, 6) is 0.0429. The van der Waals surface area contributed by atoms with E-state index in [0.717, 1.165) is 5.69 Å². The Morgan fingerprint density at radius 2 is 1.57 bits per heavy atom. The van der Waals surface area contributed by atoms with Crippen LogP contribution in [0.5, 0.6) is 5.75 Å². The van der Waals surface area contributed by atoms with Crippen LogP contribution in [0, 0.1) is 5.82 Å². The molecule has 0 aromatic heterocycles. The van der Waals surface area contributed by atoms with Crippen LogP contribution in [0.2, 0.25) is 0 Å². The second-order valence-electron chi connectivity index (χ2n) is 8.92. The molecule has 0 saturated carbocycles. The minimum atomic E-state index is -3.89. The number of methoxy groups -OCH3 is 1. The van der Waals surface area contributed by atoms with E-state index in [1.807, 2.05) is 0 Å². The fraction of sp³-hybridized carbons (Fsp3) is 0.458. The summed E-state index contributed by atoms with van der Waals surface area (Å²) < 4.78 is 47.3. The number of hydrazine groups is 1. The SMILES string of the molecule is COc1ccc(N(CC(=O)N2CCN(c3ccc(F)cc3)CC2)S(=O)(=O)C2C(C)NNC2C)cc1. The summed E-state index contributed by atoms with van der Waals surface area (Å²) >= 11 is 0. The third-order valence-corrected chi connectivity index (χ3v) is 9.10. The number of nitrogens with zero attached hydrogens (tertiary/aromatic N) is 3. The number of carbonyl (C=O) groups excluding carboxylic acids is 1. The molecule has 0 aliphatic carbocycles. The molecule has 1 amide bonds. The number of carbonyl (C=O) groups is 1. The number of anilines is 2. The summed E-state index contributed by atoms with van der Waals surface area (Å²) in [6, 6.07) is 12.3. The maximum atomic E-state index is 13.8. The van der Waals surface area contributed by atoms with Crippen molar-refractivity contribution in [2.75, 3.05) is 49.0 Å². The monoisotopic (exact) mass is 505 g/mol.